The van der Waals surface area contributed by atoms with Crippen molar-refractivity contribution in [1.29, 1.82) is 0 Å². The van der Waals surface area contributed by atoms with Gasteiger partial charge >= 0.3 is 12.5 Å². The van der Waals surface area contributed by atoms with E-state index in [4.69, 9.17) is 4.74 Å². The van der Waals surface area contributed by atoms with E-state index in [1.165, 1.54) is 30.5 Å². The zero-order valence-corrected chi connectivity index (χ0v) is 15.8. The lowest BCUT2D eigenvalue weighted by molar-refractivity contribution is -0.274. The van der Waals surface area contributed by atoms with E-state index in [0.717, 1.165) is 11.3 Å². The molecule has 1 aromatic carbocycles. The number of anilines is 1. The molecule has 2 aromatic heterocycles. The first-order valence-corrected chi connectivity index (χ1v) is 8.80. The highest BCUT2D eigenvalue weighted by molar-refractivity contribution is 7.21. The van der Waals surface area contributed by atoms with Crippen LogP contribution in [0.4, 0.5) is 23.1 Å². The molecule has 3 aromatic rings. The number of hydrogen-bond acceptors (Lipinski definition) is 7. The molecule has 0 unspecified atom stereocenters. The van der Waals surface area contributed by atoms with Gasteiger partial charge in [-0.15, -0.1) is 13.2 Å². The van der Waals surface area contributed by atoms with Gasteiger partial charge in [0, 0.05) is 5.56 Å². The molecule has 0 bridgehead atoms. The van der Waals surface area contributed by atoms with E-state index < -0.39 is 18.1 Å². The van der Waals surface area contributed by atoms with Crippen molar-refractivity contribution in [2.45, 2.75) is 32.7 Å². The van der Waals surface area contributed by atoms with E-state index in [9.17, 15) is 18.0 Å². The predicted octanol–water partition coefficient (Wildman–Crippen LogP) is 5.00. The fraction of sp³-hybridized carbons (Fsp3) is 0.294. The minimum Gasteiger partial charge on any atom is -0.444 e. The largest absolute Gasteiger partial charge is 0.573 e. The summed E-state index contributed by atoms with van der Waals surface area (Å²) in [6.45, 7) is 5.22. The number of thiazole rings is 1. The number of ether oxygens (including phenoxy) is 2. The third-order valence-corrected chi connectivity index (χ3v) is 3.97. The highest BCUT2D eigenvalue weighted by atomic mass is 32.1. The van der Waals surface area contributed by atoms with Crippen molar-refractivity contribution in [1.82, 2.24) is 15.0 Å². The smallest absolute Gasteiger partial charge is 0.444 e. The van der Waals surface area contributed by atoms with E-state index in [0.29, 0.717) is 21.7 Å². The molecular weight excluding hydrogens is 397 g/mol. The number of halogens is 3. The van der Waals surface area contributed by atoms with Crippen molar-refractivity contribution < 1.29 is 27.4 Å². The molecule has 0 aliphatic carbocycles. The first-order valence-electron chi connectivity index (χ1n) is 7.98. The van der Waals surface area contributed by atoms with Gasteiger partial charge in [0.05, 0.1) is 11.9 Å². The number of benzene rings is 1. The summed E-state index contributed by atoms with van der Waals surface area (Å²) < 4.78 is 45.7. The van der Waals surface area contributed by atoms with Crippen LogP contribution in [0.2, 0.25) is 0 Å². The lowest BCUT2D eigenvalue weighted by Gasteiger charge is -2.18. The topological polar surface area (TPSA) is 86.2 Å². The van der Waals surface area contributed by atoms with Crippen molar-refractivity contribution in [2.24, 2.45) is 0 Å². The Morgan fingerprint density at radius 2 is 1.79 bits per heavy atom. The monoisotopic (exact) mass is 412 g/mol. The molecule has 0 aliphatic rings. The Bertz CT molecular complexity index is 998. The highest BCUT2D eigenvalue weighted by Crippen LogP contribution is 2.28. The maximum atomic E-state index is 12.2. The number of carbonyl (C=O) groups excluding carboxylic acids is 1. The predicted molar refractivity (Wildman–Crippen MR) is 97.2 cm³/mol. The van der Waals surface area contributed by atoms with Crippen LogP contribution in [0.1, 0.15) is 20.8 Å². The van der Waals surface area contributed by atoms with Gasteiger partial charge in [-0.2, -0.15) is 4.98 Å². The summed E-state index contributed by atoms with van der Waals surface area (Å²) >= 11 is 1.10. The molecule has 28 heavy (non-hydrogen) atoms. The van der Waals surface area contributed by atoms with E-state index in [1.54, 1.807) is 20.8 Å². The zero-order valence-electron chi connectivity index (χ0n) is 15.0. The molecule has 0 atom stereocenters. The van der Waals surface area contributed by atoms with Gasteiger partial charge in [0.15, 0.2) is 15.6 Å². The standard InChI is InChI=1S/C17H15F3N4O3S/c1-16(2,3)27-15(25)24-14-23-12-13(28-14)22-11(8-21-12)9-4-6-10(7-5-9)26-17(18,19)20/h4-8H,1-3H3,(H,21,23,24,25). The zero-order chi connectivity index (χ0) is 20.5. The van der Waals surface area contributed by atoms with Gasteiger partial charge in [0.25, 0.3) is 0 Å². The first kappa shape index (κ1) is 19.8. The van der Waals surface area contributed by atoms with Gasteiger partial charge < -0.3 is 9.47 Å². The molecule has 1 amide bonds. The van der Waals surface area contributed by atoms with Gasteiger partial charge in [0.2, 0.25) is 0 Å². The van der Waals surface area contributed by atoms with Crippen LogP contribution in [-0.4, -0.2) is 33.0 Å². The average molecular weight is 412 g/mol. The Kier molecular flexibility index (Phi) is 5.11. The average Bonchev–Trinajstić information content (AvgIpc) is 2.93. The Labute approximate surface area is 161 Å². The minimum absolute atomic E-state index is 0.273. The normalized spacial score (nSPS) is 12.1. The molecule has 148 valence electrons. The number of amides is 1. The van der Waals surface area contributed by atoms with Crippen LogP contribution in [0.15, 0.2) is 30.5 Å². The van der Waals surface area contributed by atoms with Crippen molar-refractivity contribution in [3.63, 3.8) is 0 Å². The fourth-order valence-electron chi connectivity index (χ4n) is 2.13. The number of aromatic nitrogens is 3. The number of hydrogen-bond donors (Lipinski definition) is 1. The Balaban J connectivity index is 1.78. The van der Waals surface area contributed by atoms with Gasteiger partial charge in [-0.3, -0.25) is 5.32 Å². The summed E-state index contributed by atoms with van der Waals surface area (Å²) in [7, 11) is 0. The highest BCUT2D eigenvalue weighted by Gasteiger charge is 2.31. The van der Waals surface area contributed by atoms with Crippen LogP contribution in [0.5, 0.6) is 5.75 Å². The molecule has 0 spiro atoms. The molecule has 0 fully saturated rings. The number of rotatable bonds is 3. The molecule has 0 aliphatic heterocycles. The van der Waals surface area contributed by atoms with E-state index >= 15 is 0 Å². The molecule has 7 nitrogen and oxygen atoms in total. The van der Waals surface area contributed by atoms with Crippen LogP contribution in [0, 0.1) is 0 Å². The SMILES string of the molecule is CC(C)(C)OC(=O)Nc1nc2ncc(-c3ccc(OC(F)(F)F)cc3)nc2s1. The molecular formula is C17H15F3N4O3S. The second kappa shape index (κ2) is 7.23. The number of carbonyl (C=O) groups is 1. The Hall–Kier alpha value is -2.95. The Morgan fingerprint density at radius 1 is 1.11 bits per heavy atom. The van der Waals surface area contributed by atoms with Crippen LogP contribution in [0.25, 0.3) is 21.7 Å². The van der Waals surface area contributed by atoms with Crippen molar-refractivity contribution in [3.8, 4) is 17.0 Å². The van der Waals surface area contributed by atoms with Crippen molar-refractivity contribution in [2.75, 3.05) is 5.32 Å². The number of nitrogens with zero attached hydrogens (tertiary/aromatic N) is 3. The number of fused-ring (bicyclic) bond motifs is 1. The van der Waals surface area contributed by atoms with Crippen LogP contribution < -0.4 is 10.1 Å². The van der Waals surface area contributed by atoms with E-state index in [-0.39, 0.29) is 10.9 Å². The Morgan fingerprint density at radius 3 is 2.39 bits per heavy atom. The summed E-state index contributed by atoms with van der Waals surface area (Å²) in [5, 5.41) is 2.79. The third kappa shape index (κ3) is 5.28. The van der Waals surface area contributed by atoms with Gasteiger partial charge in [-0.1, -0.05) is 11.3 Å². The number of alkyl halides is 3. The van der Waals surface area contributed by atoms with Gasteiger partial charge in [-0.25, -0.2) is 14.8 Å². The van der Waals surface area contributed by atoms with Crippen LogP contribution in [0.3, 0.4) is 0 Å². The molecule has 3 rings (SSSR count). The van der Waals surface area contributed by atoms with Crippen molar-refractivity contribution in [3.05, 3.63) is 30.5 Å². The molecule has 11 heteroatoms. The molecule has 0 radical (unpaired) electrons. The molecule has 0 saturated heterocycles. The summed E-state index contributed by atoms with van der Waals surface area (Å²) in [6, 6.07) is 5.27. The maximum absolute atomic E-state index is 12.2. The molecule has 1 N–H and O–H groups in total. The van der Waals surface area contributed by atoms with Crippen molar-refractivity contribution >= 4 is 33.0 Å². The summed E-state index contributed by atoms with van der Waals surface area (Å²) in [5.74, 6) is -0.327. The third-order valence-electron chi connectivity index (χ3n) is 3.11. The summed E-state index contributed by atoms with van der Waals surface area (Å²) in [6.07, 6.45) is -3.95. The first-order chi connectivity index (χ1) is 13.0. The van der Waals surface area contributed by atoms with Gasteiger partial charge in [0.1, 0.15) is 11.4 Å². The number of nitrogens with one attached hydrogen (secondary N) is 1. The molecule has 0 saturated carbocycles. The van der Waals surface area contributed by atoms with E-state index in [1.807, 2.05) is 0 Å². The van der Waals surface area contributed by atoms with Crippen LogP contribution >= 0.6 is 11.3 Å². The minimum atomic E-state index is -4.75. The lowest BCUT2D eigenvalue weighted by atomic mass is 10.1. The second-order valence-electron chi connectivity index (χ2n) is 6.60. The lowest BCUT2D eigenvalue weighted by Crippen LogP contribution is -2.27. The summed E-state index contributed by atoms with van der Waals surface area (Å²) in [5.41, 5.74) is 0.682. The van der Waals surface area contributed by atoms with Crippen LogP contribution in [-0.2, 0) is 4.74 Å². The van der Waals surface area contributed by atoms with Gasteiger partial charge in [-0.05, 0) is 45.0 Å². The molecule has 2 heterocycles. The maximum Gasteiger partial charge on any atom is 0.573 e. The van der Waals surface area contributed by atoms with E-state index in [2.05, 4.69) is 25.0 Å². The summed E-state index contributed by atoms with van der Waals surface area (Å²) in [4.78, 5) is 25.0. The quantitative estimate of drug-likeness (QED) is 0.652. The second-order valence-corrected chi connectivity index (χ2v) is 7.58. The fourth-order valence-corrected chi connectivity index (χ4v) is 2.92.